The predicted molar refractivity (Wildman–Crippen MR) is 153 cm³/mol. The molecule has 1 aliphatic heterocycles. The van der Waals surface area contributed by atoms with Crippen molar-refractivity contribution in [2.75, 3.05) is 18.4 Å². The molecule has 6 rings (SSSR count). The molecule has 0 atom stereocenters. The van der Waals surface area contributed by atoms with E-state index in [9.17, 15) is 9.90 Å². The molecule has 1 saturated heterocycles. The number of anilines is 1. The molecule has 3 heterocycles. The van der Waals surface area contributed by atoms with Crippen LogP contribution in [0, 0.1) is 0 Å². The number of carbonyl (C=O) groups is 1. The van der Waals surface area contributed by atoms with Crippen LogP contribution in [0.2, 0.25) is 0 Å². The first-order valence-electron chi connectivity index (χ1n) is 12.8. The van der Waals surface area contributed by atoms with Gasteiger partial charge in [-0.05, 0) is 77.3 Å². The first kappa shape index (κ1) is 24.9. The number of aromatic nitrogens is 3. The van der Waals surface area contributed by atoms with Crippen molar-refractivity contribution in [3.05, 3.63) is 101 Å². The Bertz CT molecular complexity index is 1610. The fourth-order valence-corrected chi connectivity index (χ4v) is 5.12. The lowest BCUT2D eigenvalue weighted by atomic mass is 10.0. The molecule has 0 bridgehead atoms. The zero-order valence-electron chi connectivity index (χ0n) is 21.0. The van der Waals surface area contributed by atoms with Gasteiger partial charge in [0.25, 0.3) is 5.91 Å². The van der Waals surface area contributed by atoms with Crippen LogP contribution in [-0.4, -0.2) is 49.6 Å². The zero-order valence-corrected chi connectivity index (χ0v) is 22.6. The summed E-state index contributed by atoms with van der Waals surface area (Å²) in [5, 5.41) is 18.5. The predicted octanol–water partition coefficient (Wildman–Crippen LogP) is 6.37. The van der Waals surface area contributed by atoms with Gasteiger partial charge in [-0.25, -0.2) is 4.98 Å². The summed E-state index contributed by atoms with van der Waals surface area (Å²) in [5.41, 5.74) is 2.60. The van der Waals surface area contributed by atoms with Crippen molar-refractivity contribution < 1.29 is 14.6 Å². The second-order valence-electron chi connectivity index (χ2n) is 9.42. The minimum atomic E-state index is 0.0175. The van der Waals surface area contributed by atoms with Gasteiger partial charge >= 0.3 is 0 Å². The standard InChI is InChI=1S/C30H26BrN5O3/c31-25-19-32-36-28(18-26(34-29(25)36)24-8-4-5-9-27(24)37)33-21-14-16-35(17-15-21)30(38)20-10-12-23(13-11-20)39-22-6-2-1-3-7-22/h1-13,18-19,21,33,37H,14-17H2. The number of piperidine rings is 1. The van der Waals surface area contributed by atoms with Gasteiger partial charge < -0.3 is 20.1 Å². The molecule has 2 aromatic heterocycles. The Labute approximate surface area is 234 Å². The average molecular weight is 584 g/mol. The molecule has 0 spiro atoms. The third-order valence-corrected chi connectivity index (χ3v) is 7.38. The van der Waals surface area contributed by atoms with Crippen LogP contribution >= 0.6 is 15.9 Å². The Morgan fingerprint density at radius 2 is 1.64 bits per heavy atom. The van der Waals surface area contributed by atoms with E-state index in [1.165, 1.54) is 0 Å². The maximum Gasteiger partial charge on any atom is 0.253 e. The Balaban J connectivity index is 1.13. The topological polar surface area (TPSA) is 92.0 Å². The number of likely N-dealkylation sites (tertiary alicyclic amines) is 1. The van der Waals surface area contributed by atoms with Crippen molar-refractivity contribution in [3.63, 3.8) is 0 Å². The van der Waals surface area contributed by atoms with E-state index in [0.29, 0.717) is 41.3 Å². The number of rotatable bonds is 6. The number of hydrogen-bond donors (Lipinski definition) is 2. The van der Waals surface area contributed by atoms with Gasteiger partial charge in [0.1, 0.15) is 23.1 Å². The molecule has 8 nitrogen and oxygen atoms in total. The highest BCUT2D eigenvalue weighted by Crippen LogP contribution is 2.32. The number of nitrogens with zero attached hydrogens (tertiary/aromatic N) is 4. The van der Waals surface area contributed by atoms with E-state index in [1.54, 1.807) is 22.8 Å². The van der Waals surface area contributed by atoms with Crippen molar-refractivity contribution >= 4 is 33.3 Å². The highest BCUT2D eigenvalue weighted by Gasteiger charge is 2.25. The second-order valence-corrected chi connectivity index (χ2v) is 10.3. The molecule has 0 radical (unpaired) electrons. The van der Waals surface area contributed by atoms with E-state index in [4.69, 9.17) is 9.72 Å². The number of amides is 1. The van der Waals surface area contributed by atoms with Gasteiger partial charge in [-0.3, -0.25) is 4.79 Å². The van der Waals surface area contributed by atoms with Crippen LogP contribution in [0.1, 0.15) is 23.2 Å². The number of aromatic hydroxyl groups is 1. The van der Waals surface area contributed by atoms with Gasteiger partial charge in [0.2, 0.25) is 0 Å². The first-order chi connectivity index (χ1) is 19.0. The minimum absolute atomic E-state index is 0.0175. The fraction of sp³-hybridized carbons (Fsp3) is 0.167. The fourth-order valence-electron chi connectivity index (χ4n) is 4.78. The molecular formula is C30H26BrN5O3. The smallest absolute Gasteiger partial charge is 0.253 e. The van der Waals surface area contributed by atoms with E-state index in [0.717, 1.165) is 28.9 Å². The number of ether oxygens (including phenoxy) is 1. The van der Waals surface area contributed by atoms with Crippen LogP contribution < -0.4 is 10.1 Å². The van der Waals surface area contributed by atoms with Crippen LogP contribution in [0.3, 0.4) is 0 Å². The largest absolute Gasteiger partial charge is 0.507 e. The van der Waals surface area contributed by atoms with E-state index in [-0.39, 0.29) is 17.7 Å². The summed E-state index contributed by atoms with van der Waals surface area (Å²) >= 11 is 3.53. The SMILES string of the molecule is O=C(c1ccc(Oc2ccccc2)cc1)N1CCC(Nc2cc(-c3ccccc3O)nc3c(Br)cnn23)CC1. The molecule has 3 aromatic carbocycles. The average Bonchev–Trinajstić information content (AvgIpc) is 3.35. The van der Waals surface area contributed by atoms with Crippen molar-refractivity contribution in [2.24, 2.45) is 0 Å². The molecule has 9 heteroatoms. The molecule has 1 fully saturated rings. The third kappa shape index (κ3) is 5.31. The highest BCUT2D eigenvalue weighted by atomic mass is 79.9. The van der Waals surface area contributed by atoms with E-state index in [2.05, 4.69) is 26.3 Å². The van der Waals surface area contributed by atoms with Gasteiger partial charge in [-0.15, -0.1) is 0 Å². The number of para-hydroxylation sites is 2. The maximum absolute atomic E-state index is 13.2. The van der Waals surface area contributed by atoms with Crippen LogP contribution in [0.25, 0.3) is 16.9 Å². The van der Waals surface area contributed by atoms with Gasteiger partial charge in [0.05, 0.1) is 16.4 Å². The summed E-state index contributed by atoms with van der Waals surface area (Å²) < 4.78 is 8.36. The molecule has 5 aromatic rings. The Morgan fingerprint density at radius 3 is 2.38 bits per heavy atom. The lowest BCUT2D eigenvalue weighted by Gasteiger charge is -2.33. The van der Waals surface area contributed by atoms with Gasteiger partial charge in [-0.2, -0.15) is 9.61 Å². The molecule has 1 aliphatic rings. The molecule has 39 heavy (non-hydrogen) atoms. The number of nitrogens with one attached hydrogen (secondary N) is 1. The molecule has 0 aliphatic carbocycles. The normalized spacial score (nSPS) is 13.9. The molecule has 0 saturated carbocycles. The number of benzene rings is 3. The first-order valence-corrected chi connectivity index (χ1v) is 13.6. The second kappa shape index (κ2) is 10.8. The molecule has 2 N–H and O–H groups in total. The summed E-state index contributed by atoms with van der Waals surface area (Å²) in [6.07, 6.45) is 3.29. The van der Waals surface area contributed by atoms with E-state index < -0.39 is 0 Å². The summed E-state index contributed by atoms with van der Waals surface area (Å²) in [6, 6.07) is 26.1. The quantitative estimate of drug-likeness (QED) is 0.241. The third-order valence-electron chi connectivity index (χ3n) is 6.82. The Hall–Kier alpha value is -4.37. The molecule has 196 valence electrons. The molecule has 0 unspecified atom stereocenters. The van der Waals surface area contributed by atoms with Crippen LogP contribution in [0.5, 0.6) is 17.2 Å². The van der Waals surface area contributed by atoms with E-state index in [1.807, 2.05) is 77.7 Å². The lowest BCUT2D eigenvalue weighted by Crippen LogP contribution is -2.42. The number of carbonyl (C=O) groups excluding carboxylic acids is 1. The van der Waals surface area contributed by atoms with Gasteiger partial charge in [-0.1, -0.05) is 30.3 Å². The molecular weight excluding hydrogens is 558 g/mol. The van der Waals surface area contributed by atoms with Crippen molar-refractivity contribution in [1.82, 2.24) is 19.5 Å². The van der Waals surface area contributed by atoms with Crippen LogP contribution in [-0.2, 0) is 0 Å². The lowest BCUT2D eigenvalue weighted by molar-refractivity contribution is 0.0718. The Morgan fingerprint density at radius 1 is 0.949 bits per heavy atom. The van der Waals surface area contributed by atoms with Crippen molar-refractivity contribution in [2.45, 2.75) is 18.9 Å². The van der Waals surface area contributed by atoms with Crippen LogP contribution in [0.4, 0.5) is 5.82 Å². The van der Waals surface area contributed by atoms with Gasteiger partial charge in [0, 0.05) is 36.3 Å². The number of hydrogen-bond acceptors (Lipinski definition) is 6. The summed E-state index contributed by atoms with van der Waals surface area (Å²) in [5.74, 6) is 2.42. The highest BCUT2D eigenvalue weighted by molar-refractivity contribution is 9.10. The summed E-state index contributed by atoms with van der Waals surface area (Å²) in [4.78, 5) is 19.8. The molecule has 1 amide bonds. The monoisotopic (exact) mass is 583 g/mol. The number of halogens is 1. The van der Waals surface area contributed by atoms with Crippen LogP contribution in [0.15, 0.2) is 95.6 Å². The summed E-state index contributed by atoms with van der Waals surface area (Å²) in [7, 11) is 0. The maximum atomic E-state index is 13.2. The zero-order chi connectivity index (χ0) is 26.8. The van der Waals surface area contributed by atoms with Crippen molar-refractivity contribution in [1.29, 1.82) is 0 Å². The van der Waals surface area contributed by atoms with Gasteiger partial charge in [0.15, 0.2) is 5.65 Å². The number of phenols is 1. The number of phenolic OH excluding ortho intramolecular Hbond substituents is 1. The minimum Gasteiger partial charge on any atom is -0.507 e. The number of fused-ring (bicyclic) bond motifs is 1. The summed E-state index contributed by atoms with van der Waals surface area (Å²) in [6.45, 7) is 1.28. The Kier molecular flexibility index (Phi) is 6.89. The van der Waals surface area contributed by atoms with Crippen molar-refractivity contribution in [3.8, 4) is 28.5 Å². The van der Waals surface area contributed by atoms with E-state index >= 15 is 0 Å².